The van der Waals surface area contributed by atoms with Crippen molar-refractivity contribution in [1.82, 2.24) is 5.32 Å². The number of carbonyl (C=O) groups is 4. The zero-order valence-electron chi connectivity index (χ0n) is 16.9. The molecule has 0 atom stereocenters. The Morgan fingerprint density at radius 2 is 1.30 bits per heavy atom. The van der Waals surface area contributed by atoms with Gasteiger partial charge in [-0.05, 0) is 6.42 Å². The highest BCUT2D eigenvalue weighted by Crippen LogP contribution is 2.07. The molecule has 0 aromatic rings. The molecule has 30 heavy (non-hydrogen) atoms. The third-order valence-electron chi connectivity index (χ3n) is 3.04. The monoisotopic (exact) mass is 463 g/mol. The summed E-state index contributed by atoms with van der Waals surface area (Å²) in [6, 6.07) is 0. The van der Waals surface area contributed by atoms with Gasteiger partial charge in [-0.3, -0.25) is 4.79 Å². The van der Waals surface area contributed by atoms with Crippen molar-refractivity contribution in [2.75, 3.05) is 56.0 Å². The average Bonchev–Trinajstić information content (AvgIpc) is 2.74. The fourth-order valence-corrected chi connectivity index (χ4v) is 3.42. The first-order chi connectivity index (χ1) is 14.5. The smallest absolute Gasteiger partial charge is 0.407 e. The lowest BCUT2D eigenvalue weighted by Gasteiger charge is -2.07. The molecular formula is C19H29NO8S2. The van der Waals surface area contributed by atoms with Crippen LogP contribution in [0.4, 0.5) is 4.79 Å². The number of rotatable bonds is 18. The van der Waals surface area contributed by atoms with E-state index >= 15 is 0 Å². The molecule has 0 radical (unpaired) electrons. The number of thioether (sulfide) groups is 2. The molecule has 0 heterocycles. The number of amides is 1. The van der Waals surface area contributed by atoms with Crippen molar-refractivity contribution in [2.45, 2.75) is 12.8 Å². The van der Waals surface area contributed by atoms with Crippen molar-refractivity contribution in [3.63, 3.8) is 0 Å². The molecule has 0 spiro atoms. The zero-order valence-corrected chi connectivity index (χ0v) is 18.6. The van der Waals surface area contributed by atoms with E-state index in [1.165, 1.54) is 0 Å². The van der Waals surface area contributed by atoms with Gasteiger partial charge in [0.25, 0.3) is 0 Å². The van der Waals surface area contributed by atoms with E-state index in [0.717, 1.165) is 23.7 Å². The summed E-state index contributed by atoms with van der Waals surface area (Å²) in [5.41, 5.74) is 0. The number of esters is 3. The Bertz CT molecular complexity index is 509. The minimum Gasteiger partial charge on any atom is -0.465 e. The number of ether oxygens (including phenoxy) is 4. The summed E-state index contributed by atoms with van der Waals surface area (Å²) in [6.45, 7) is 7.57. The first kappa shape index (κ1) is 27.9. The first-order valence-electron chi connectivity index (χ1n) is 9.29. The van der Waals surface area contributed by atoms with Crippen LogP contribution >= 0.6 is 23.5 Å². The van der Waals surface area contributed by atoms with Crippen LogP contribution in [0.2, 0.25) is 0 Å². The van der Waals surface area contributed by atoms with E-state index in [1.54, 1.807) is 23.5 Å². The second-order valence-electron chi connectivity index (χ2n) is 5.35. The number of alkyl carbamates (subject to hydrolysis) is 1. The van der Waals surface area contributed by atoms with Gasteiger partial charge in [0.1, 0.15) is 19.8 Å². The van der Waals surface area contributed by atoms with Crippen LogP contribution in [0.1, 0.15) is 12.8 Å². The van der Waals surface area contributed by atoms with Gasteiger partial charge in [-0.2, -0.15) is 23.5 Å². The van der Waals surface area contributed by atoms with E-state index in [0.29, 0.717) is 24.5 Å². The third-order valence-corrected chi connectivity index (χ3v) is 5.20. The first-order valence-corrected chi connectivity index (χ1v) is 11.6. The molecule has 0 rings (SSSR count). The fourth-order valence-electron chi connectivity index (χ4n) is 1.66. The Morgan fingerprint density at radius 3 is 1.90 bits per heavy atom. The molecule has 0 aromatic heterocycles. The van der Waals surface area contributed by atoms with Crippen molar-refractivity contribution < 1.29 is 38.1 Å². The Hall–Kier alpha value is -2.14. The van der Waals surface area contributed by atoms with Gasteiger partial charge in [0.15, 0.2) is 0 Å². The van der Waals surface area contributed by atoms with Crippen LogP contribution in [0.15, 0.2) is 25.3 Å². The summed E-state index contributed by atoms with van der Waals surface area (Å²) in [5.74, 6) is 1.79. The molecule has 0 bridgehead atoms. The maximum atomic E-state index is 11.5. The largest absolute Gasteiger partial charge is 0.465 e. The highest BCUT2D eigenvalue weighted by Gasteiger charge is 2.04. The molecule has 11 heteroatoms. The molecule has 1 amide bonds. The predicted molar refractivity (Wildman–Crippen MR) is 117 cm³/mol. The average molecular weight is 464 g/mol. The van der Waals surface area contributed by atoms with Crippen molar-refractivity contribution in [2.24, 2.45) is 0 Å². The molecule has 0 saturated heterocycles. The molecule has 0 fully saturated rings. The van der Waals surface area contributed by atoms with Gasteiger partial charge in [-0.15, -0.1) is 0 Å². The maximum absolute atomic E-state index is 11.5. The maximum Gasteiger partial charge on any atom is 0.407 e. The lowest BCUT2D eigenvalue weighted by molar-refractivity contribution is -0.145. The minimum absolute atomic E-state index is 0.0619. The van der Waals surface area contributed by atoms with E-state index in [4.69, 9.17) is 18.9 Å². The van der Waals surface area contributed by atoms with Crippen LogP contribution in [-0.2, 0) is 33.3 Å². The van der Waals surface area contributed by atoms with E-state index < -0.39 is 18.0 Å². The molecule has 0 saturated carbocycles. The van der Waals surface area contributed by atoms with Crippen molar-refractivity contribution >= 4 is 47.5 Å². The summed E-state index contributed by atoms with van der Waals surface area (Å²) in [7, 11) is 0. The number of nitrogens with one attached hydrogen (secondary N) is 1. The van der Waals surface area contributed by atoms with Crippen LogP contribution in [-0.4, -0.2) is 80.0 Å². The lowest BCUT2D eigenvalue weighted by Crippen LogP contribution is -2.29. The van der Waals surface area contributed by atoms with E-state index in [2.05, 4.69) is 18.5 Å². The Morgan fingerprint density at radius 1 is 0.733 bits per heavy atom. The Kier molecular flexibility index (Phi) is 18.7. The summed E-state index contributed by atoms with van der Waals surface area (Å²) >= 11 is 3.32. The molecule has 1 N–H and O–H groups in total. The summed E-state index contributed by atoms with van der Waals surface area (Å²) in [4.78, 5) is 44.5. The summed E-state index contributed by atoms with van der Waals surface area (Å²) in [6.07, 6.45) is 2.20. The summed E-state index contributed by atoms with van der Waals surface area (Å²) in [5, 5.41) is 2.47. The minimum atomic E-state index is -0.555. The topological polar surface area (TPSA) is 117 Å². The van der Waals surface area contributed by atoms with Crippen molar-refractivity contribution in [3.05, 3.63) is 25.3 Å². The molecule has 0 aliphatic carbocycles. The van der Waals surface area contributed by atoms with Crippen molar-refractivity contribution in [1.29, 1.82) is 0 Å². The van der Waals surface area contributed by atoms with E-state index in [9.17, 15) is 19.2 Å². The van der Waals surface area contributed by atoms with Crippen LogP contribution in [0.3, 0.4) is 0 Å². The highest BCUT2D eigenvalue weighted by atomic mass is 32.2. The number of carbonyl (C=O) groups excluding carboxylic acids is 4. The standard InChI is InChI=1S/C19H29NO8S2/c1-3-16(21)25-8-5-6-18(23)27-10-12-29-14-15-30-13-11-28-19(24)20-7-9-26-17(22)4-2/h3-4H,1-2,5-15H2,(H,20,24). The van der Waals surface area contributed by atoms with Crippen LogP contribution in [0, 0.1) is 0 Å². The molecule has 0 aliphatic rings. The molecule has 9 nitrogen and oxygen atoms in total. The van der Waals surface area contributed by atoms with E-state index in [-0.39, 0.29) is 38.8 Å². The Balaban J connectivity index is 3.34. The van der Waals surface area contributed by atoms with Crippen molar-refractivity contribution in [3.8, 4) is 0 Å². The third kappa shape index (κ3) is 19.2. The summed E-state index contributed by atoms with van der Waals surface area (Å²) < 4.78 is 19.5. The molecular weight excluding hydrogens is 434 g/mol. The fraction of sp³-hybridized carbons (Fsp3) is 0.579. The van der Waals surface area contributed by atoms with Crippen LogP contribution in [0.5, 0.6) is 0 Å². The van der Waals surface area contributed by atoms with Gasteiger partial charge in [0.2, 0.25) is 0 Å². The van der Waals surface area contributed by atoms with Crippen LogP contribution < -0.4 is 5.32 Å². The van der Waals surface area contributed by atoms with Gasteiger partial charge in [-0.25, -0.2) is 14.4 Å². The molecule has 170 valence electrons. The van der Waals surface area contributed by atoms with Gasteiger partial charge in [0.05, 0.1) is 13.2 Å². The van der Waals surface area contributed by atoms with Gasteiger partial charge in [-0.1, -0.05) is 13.2 Å². The quantitative estimate of drug-likeness (QED) is 0.140. The van der Waals surface area contributed by atoms with Gasteiger partial charge in [0, 0.05) is 41.6 Å². The SMILES string of the molecule is C=CC(=O)OCCCC(=O)OCCSCCSCCOC(=O)NCCOC(=O)C=C. The van der Waals surface area contributed by atoms with Gasteiger partial charge >= 0.3 is 24.0 Å². The highest BCUT2D eigenvalue weighted by molar-refractivity contribution is 8.02. The number of hydrogen-bond acceptors (Lipinski definition) is 10. The second-order valence-corrected chi connectivity index (χ2v) is 7.80. The molecule has 0 aliphatic heterocycles. The van der Waals surface area contributed by atoms with Gasteiger partial charge < -0.3 is 24.3 Å². The Labute approximate surface area is 185 Å². The molecule has 0 aromatic carbocycles. The normalized spacial score (nSPS) is 9.87. The van der Waals surface area contributed by atoms with Crippen LogP contribution in [0.25, 0.3) is 0 Å². The lowest BCUT2D eigenvalue weighted by atomic mass is 10.3. The molecule has 0 unspecified atom stereocenters. The second kappa shape index (κ2) is 20.1. The predicted octanol–water partition coefficient (Wildman–Crippen LogP) is 1.96. The number of hydrogen-bond donors (Lipinski definition) is 1. The van der Waals surface area contributed by atoms with E-state index in [1.807, 2.05) is 0 Å². The zero-order chi connectivity index (χ0) is 22.5.